The third kappa shape index (κ3) is 4.46. The Morgan fingerprint density at radius 3 is 2.74 bits per heavy atom. The summed E-state index contributed by atoms with van der Waals surface area (Å²) in [7, 11) is 1.32. The van der Waals surface area contributed by atoms with Gasteiger partial charge >= 0.3 is 5.97 Å². The van der Waals surface area contributed by atoms with Crippen molar-refractivity contribution in [1.82, 2.24) is 20.3 Å². The third-order valence-corrected chi connectivity index (χ3v) is 4.74. The summed E-state index contributed by atoms with van der Waals surface area (Å²) in [4.78, 5) is 36.2. The van der Waals surface area contributed by atoms with E-state index in [-0.39, 0.29) is 5.91 Å². The lowest BCUT2D eigenvalue weighted by molar-refractivity contribution is -0.142. The Morgan fingerprint density at radius 1 is 1.26 bits per heavy atom. The number of pyridine rings is 1. The summed E-state index contributed by atoms with van der Waals surface area (Å²) in [5, 5.41) is 2.75. The molecule has 1 amide bonds. The van der Waals surface area contributed by atoms with Gasteiger partial charge in [0.05, 0.1) is 18.1 Å². The van der Waals surface area contributed by atoms with Crippen molar-refractivity contribution in [3.05, 3.63) is 48.3 Å². The number of hydrogen-bond donors (Lipinski definition) is 2. The summed E-state index contributed by atoms with van der Waals surface area (Å²) >= 11 is 1.61. The molecule has 2 aromatic heterocycles. The highest BCUT2D eigenvalue weighted by atomic mass is 32.2. The summed E-state index contributed by atoms with van der Waals surface area (Å²) in [6.07, 6.45) is 5.85. The number of hydrogen-bond acceptors (Lipinski definition) is 6. The Morgan fingerprint density at radius 2 is 2.04 bits per heavy atom. The first kappa shape index (κ1) is 18.9. The van der Waals surface area contributed by atoms with Crippen LogP contribution in [0.5, 0.6) is 0 Å². The van der Waals surface area contributed by atoms with Crippen molar-refractivity contribution < 1.29 is 14.3 Å². The van der Waals surface area contributed by atoms with Crippen molar-refractivity contribution in [2.24, 2.45) is 0 Å². The van der Waals surface area contributed by atoms with E-state index in [1.807, 2.05) is 18.4 Å². The maximum atomic E-state index is 12.6. The zero-order chi connectivity index (χ0) is 19.2. The number of esters is 1. The first-order valence-corrected chi connectivity index (χ1v) is 9.79. The van der Waals surface area contributed by atoms with Crippen LogP contribution in [0.3, 0.4) is 0 Å². The van der Waals surface area contributed by atoms with Gasteiger partial charge in [-0.25, -0.2) is 9.78 Å². The van der Waals surface area contributed by atoms with Gasteiger partial charge in [0.15, 0.2) is 0 Å². The minimum absolute atomic E-state index is 0.325. The molecule has 1 aromatic carbocycles. The van der Waals surface area contributed by atoms with Crippen molar-refractivity contribution >= 4 is 34.7 Å². The Labute approximate surface area is 160 Å². The number of aromatic amines is 1. The molecule has 0 fully saturated rings. The Balaban J connectivity index is 1.81. The molecule has 0 radical (unpaired) electrons. The van der Waals surface area contributed by atoms with Gasteiger partial charge in [0.2, 0.25) is 0 Å². The van der Waals surface area contributed by atoms with E-state index in [2.05, 4.69) is 20.3 Å². The number of amides is 1. The van der Waals surface area contributed by atoms with Crippen LogP contribution in [-0.2, 0) is 9.53 Å². The predicted octanol–water partition coefficient (Wildman–Crippen LogP) is 2.65. The van der Waals surface area contributed by atoms with Crippen LogP contribution in [0, 0.1) is 0 Å². The Kier molecular flexibility index (Phi) is 6.08. The molecule has 27 heavy (non-hydrogen) atoms. The number of rotatable bonds is 7. The highest BCUT2D eigenvalue weighted by Gasteiger charge is 2.22. The molecule has 8 heteroatoms. The number of aromatic nitrogens is 3. The summed E-state index contributed by atoms with van der Waals surface area (Å²) in [5.41, 5.74) is 2.86. The van der Waals surface area contributed by atoms with E-state index in [0.29, 0.717) is 17.8 Å². The van der Waals surface area contributed by atoms with Crippen LogP contribution in [-0.4, -0.2) is 52.0 Å². The fourth-order valence-electron chi connectivity index (χ4n) is 2.67. The lowest BCUT2D eigenvalue weighted by Crippen LogP contribution is -2.41. The second-order valence-electron chi connectivity index (χ2n) is 5.88. The van der Waals surface area contributed by atoms with E-state index >= 15 is 0 Å². The molecule has 0 saturated heterocycles. The van der Waals surface area contributed by atoms with Crippen molar-refractivity contribution in [3.63, 3.8) is 0 Å². The molecule has 0 saturated carbocycles. The van der Waals surface area contributed by atoms with Crippen LogP contribution in [0.1, 0.15) is 16.8 Å². The number of benzene rings is 1. The zero-order valence-corrected chi connectivity index (χ0v) is 15.9. The van der Waals surface area contributed by atoms with Crippen molar-refractivity contribution in [1.29, 1.82) is 0 Å². The molecule has 0 bridgehead atoms. The molecule has 2 heterocycles. The highest BCUT2D eigenvalue weighted by Crippen LogP contribution is 2.21. The third-order valence-electron chi connectivity index (χ3n) is 4.10. The summed E-state index contributed by atoms with van der Waals surface area (Å²) in [6, 6.07) is 8.25. The van der Waals surface area contributed by atoms with Gasteiger partial charge in [-0.05, 0) is 48.8 Å². The minimum atomic E-state index is -0.667. The quantitative estimate of drug-likeness (QED) is 0.608. The molecule has 0 spiro atoms. The van der Waals surface area contributed by atoms with Gasteiger partial charge < -0.3 is 15.0 Å². The highest BCUT2D eigenvalue weighted by molar-refractivity contribution is 7.98. The van der Waals surface area contributed by atoms with E-state index in [1.165, 1.54) is 7.11 Å². The van der Waals surface area contributed by atoms with Crippen LogP contribution >= 0.6 is 11.8 Å². The molecular weight excluding hydrogens is 364 g/mol. The maximum Gasteiger partial charge on any atom is 0.328 e. The van der Waals surface area contributed by atoms with Gasteiger partial charge in [-0.15, -0.1) is 0 Å². The largest absolute Gasteiger partial charge is 0.467 e. The van der Waals surface area contributed by atoms with Gasteiger partial charge in [-0.3, -0.25) is 9.78 Å². The number of thioether (sulfide) groups is 1. The second-order valence-corrected chi connectivity index (χ2v) is 6.87. The standard InChI is InChI=1S/C19H20N4O3S/c1-26-19(25)15(7-10-27-2)23-18(24)13-3-4-14-16(11-13)22-17(21-14)12-5-8-20-9-6-12/h3-6,8-9,11,15H,7,10H2,1-2H3,(H,21,22)(H,23,24)/t15-/m0/s1. The first-order chi connectivity index (χ1) is 13.1. The average Bonchev–Trinajstić information content (AvgIpc) is 3.14. The summed E-state index contributed by atoms with van der Waals surface area (Å²) in [6.45, 7) is 0. The normalized spacial score (nSPS) is 11.9. The van der Waals surface area contributed by atoms with Crippen LogP contribution in [0.25, 0.3) is 22.4 Å². The van der Waals surface area contributed by atoms with Crippen molar-refractivity contribution in [2.75, 3.05) is 19.1 Å². The lowest BCUT2D eigenvalue weighted by Gasteiger charge is -2.16. The first-order valence-electron chi connectivity index (χ1n) is 8.40. The van der Waals surface area contributed by atoms with Gasteiger partial charge in [0, 0.05) is 23.5 Å². The zero-order valence-electron chi connectivity index (χ0n) is 15.1. The molecule has 3 aromatic rings. The number of nitrogens with zero attached hydrogens (tertiary/aromatic N) is 2. The number of fused-ring (bicyclic) bond motifs is 1. The number of ether oxygens (including phenoxy) is 1. The smallest absolute Gasteiger partial charge is 0.328 e. The monoisotopic (exact) mass is 384 g/mol. The summed E-state index contributed by atoms with van der Waals surface area (Å²) < 4.78 is 4.78. The number of carbonyl (C=O) groups is 2. The molecule has 1 atom stereocenters. The number of methoxy groups -OCH3 is 1. The van der Waals surface area contributed by atoms with Gasteiger partial charge in [0.1, 0.15) is 11.9 Å². The molecule has 140 valence electrons. The summed E-state index contributed by atoms with van der Waals surface area (Å²) in [5.74, 6) is 0.681. The average molecular weight is 384 g/mol. The number of H-pyrrole nitrogens is 1. The van der Waals surface area contributed by atoms with E-state index in [0.717, 1.165) is 22.3 Å². The van der Waals surface area contributed by atoms with E-state index in [9.17, 15) is 9.59 Å². The van der Waals surface area contributed by atoms with Gasteiger partial charge in [-0.1, -0.05) is 0 Å². The number of nitrogens with one attached hydrogen (secondary N) is 2. The SMILES string of the molecule is COC(=O)[C@H](CCSC)NC(=O)c1ccc2nc(-c3ccncc3)[nH]c2c1. The van der Waals surface area contributed by atoms with E-state index in [1.54, 1.807) is 42.4 Å². The van der Waals surface area contributed by atoms with Crippen molar-refractivity contribution in [3.8, 4) is 11.4 Å². The second kappa shape index (κ2) is 8.68. The Bertz CT molecular complexity index is 943. The Hall–Kier alpha value is -2.87. The molecule has 2 N–H and O–H groups in total. The van der Waals surface area contributed by atoms with Crippen LogP contribution in [0.4, 0.5) is 0 Å². The van der Waals surface area contributed by atoms with Crippen LogP contribution < -0.4 is 5.32 Å². The van der Waals surface area contributed by atoms with Gasteiger partial charge in [-0.2, -0.15) is 11.8 Å². The number of carbonyl (C=O) groups excluding carboxylic acids is 2. The van der Waals surface area contributed by atoms with E-state index in [4.69, 9.17) is 4.74 Å². The topological polar surface area (TPSA) is 97.0 Å². The van der Waals surface area contributed by atoms with Crippen LogP contribution in [0.15, 0.2) is 42.7 Å². The fraction of sp³-hybridized carbons (Fsp3) is 0.263. The van der Waals surface area contributed by atoms with Crippen LogP contribution in [0.2, 0.25) is 0 Å². The van der Waals surface area contributed by atoms with E-state index < -0.39 is 12.0 Å². The van der Waals surface area contributed by atoms with Gasteiger partial charge in [0.25, 0.3) is 5.91 Å². The molecule has 0 aliphatic rings. The molecule has 0 aliphatic heterocycles. The lowest BCUT2D eigenvalue weighted by atomic mass is 10.1. The fourth-order valence-corrected chi connectivity index (χ4v) is 3.14. The molecule has 7 nitrogen and oxygen atoms in total. The molecule has 0 unspecified atom stereocenters. The minimum Gasteiger partial charge on any atom is -0.467 e. The predicted molar refractivity (Wildman–Crippen MR) is 106 cm³/mol. The maximum absolute atomic E-state index is 12.6. The molecular formula is C19H20N4O3S. The number of imidazole rings is 1. The molecule has 0 aliphatic carbocycles. The molecule has 3 rings (SSSR count). The van der Waals surface area contributed by atoms with Crippen molar-refractivity contribution in [2.45, 2.75) is 12.5 Å².